The summed E-state index contributed by atoms with van der Waals surface area (Å²) in [6.45, 7) is 2.93. The Morgan fingerprint density at radius 2 is 2.12 bits per heavy atom. The molecule has 5 N–H and O–H groups in total. The van der Waals surface area contributed by atoms with Gasteiger partial charge >= 0.3 is 6.18 Å². The number of hydrogen-bond donors (Lipinski definition) is 4. The van der Waals surface area contributed by atoms with E-state index < -0.39 is 22.9 Å². The SMILES string of the molecule is N#CC1(C(=O)NCC2CNC(C3CCC(Cl)C(C(F)(F)F)C3)NC2N2CCOCC2CN)CC1. The number of rotatable bonds is 6. The molecular weight excluding hydrogens is 473 g/mol. The van der Waals surface area contributed by atoms with Gasteiger partial charge in [-0.1, -0.05) is 0 Å². The lowest BCUT2D eigenvalue weighted by atomic mass is 9.78. The van der Waals surface area contributed by atoms with Crippen molar-refractivity contribution in [3.8, 4) is 6.07 Å². The van der Waals surface area contributed by atoms with E-state index >= 15 is 0 Å². The molecule has 4 rings (SSSR count). The van der Waals surface area contributed by atoms with Gasteiger partial charge in [0.25, 0.3) is 0 Å². The minimum absolute atomic E-state index is 0.0232. The number of amides is 1. The number of alkyl halides is 4. The predicted molar refractivity (Wildman–Crippen MR) is 119 cm³/mol. The second-order valence-corrected chi connectivity index (χ2v) is 10.7. The van der Waals surface area contributed by atoms with E-state index in [0.29, 0.717) is 65.1 Å². The van der Waals surface area contributed by atoms with Crippen LogP contribution in [0.4, 0.5) is 13.2 Å². The topological polar surface area (TPSA) is 115 Å². The first-order valence-corrected chi connectivity index (χ1v) is 12.6. The highest BCUT2D eigenvalue weighted by Gasteiger charge is 2.52. The van der Waals surface area contributed by atoms with E-state index in [1.807, 2.05) is 0 Å². The van der Waals surface area contributed by atoms with E-state index in [1.54, 1.807) is 0 Å². The van der Waals surface area contributed by atoms with Crippen molar-refractivity contribution in [1.82, 2.24) is 20.9 Å². The molecule has 4 fully saturated rings. The Morgan fingerprint density at radius 3 is 2.76 bits per heavy atom. The highest BCUT2D eigenvalue weighted by molar-refractivity contribution is 6.20. The zero-order valence-corrected chi connectivity index (χ0v) is 19.9. The molecule has 4 aliphatic rings. The molecular formula is C22H34ClF3N6O2. The average Bonchev–Trinajstić information content (AvgIpc) is 3.63. The largest absolute Gasteiger partial charge is 0.393 e. The number of nitrogens with zero attached hydrogens (tertiary/aromatic N) is 2. The number of nitrogens with one attached hydrogen (secondary N) is 3. The predicted octanol–water partition coefficient (Wildman–Crippen LogP) is 1.11. The van der Waals surface area contributed by atoms with E-state index in [4.69, 9.17) is 22.1 Å². The summed E-state index contributed by atoms with van der Waals surface area (Å²) in [5.74, 6) is -2.04. The van der Waals surface area contributed by atoms with Gasteiger partial charge in [-0.25, -0.2) is 0 Å². The van der Waals surface area contributed by atoms with Gasteiger partial charge in [0.1, 0.15) is 5.41 Å². The molecule has 12 heteroatoms. The molecule has 2 aliphatic heterocycles. The van der Waals surface area contributed by atoms with Crippen LogP contribution in [0, 0.1) is 34.5 Å². The maximum absolute atomic E-state index is 13.5. The lowest BCUT2D eigenvalue weighted by Crippen LogP contribution is -2.71. The molecule has 2 saturated heterocycles. The summed E-state index contributed by atoms with van der Waals surface area (Å²) in [5, 5.41) is 18.3. The molecule has 2 aliphatic carbocycles. The number of nitrogens with two attached hydrogens (primary N) is 1. The minimum atomic E-state index is -4.32. The Bertz CT molecular complexity index is 777. The van der Waals surface area contributed by atoms with Crippen molar-refractivity contribution in [2.24, 2.45) is 28.9 Å². The fourth-order valence-electron chi connectivity index (χ4n) is 5.57. The van der Waals surface area contributed by atoms with Crippen LogP contribution >= 0.6 is 11.6 Å². The van der Waals surface area contributed by atoms with Crippen LogP contribution in [0.3, 0.4) is 0 Å². The molecule has 2 saturated carbocycles. The van der Waals surface area contributed by atoms with Gasteiger partial charge in [-0.05, 0) is 38.0 Å². The summed E-state index contributed by atoms with van der Waals surface area (Å²) < 4.78 is 46.2. The van der Waals surface area contributed by atoms with E-state index in [1.165, 1.54) is 0 Å². The lowest BCUT2D eigenvalue weighted by molar-refractivity contribution is -0.186. The molecule has 0 aromatic heterocycles. The maximum atomic E-state index is 13.5. The Hall–Kier alpha value is -1.16. The summed E-state index contributed by atoms with van der Waals surface area (Å²) in [6, 6.07) is 2.08. The van der Waals surface area contributed by atoms with Crippen LogP contribution in [0.25, 0.3) is 0 Å². The summed E-state index contributed by atoms with van der Waals surface area (Å²) in [6.07, 6.45) is -2.77. The molecule has 8 nitrogen and oxygen atoms in total. The maximum Gasteiger partial charge on any atom is 0.393 e. The number of hydrogen-bond acceptors (Lipinski definition) is 7. The molecule has 0 aromatic carbocycles. The molecule has 7 atom stereocenters. The van der Waals surface area contributed by atoms with Crippen molar-refractivity contribution in [2.45, 2.75) is 62.0 Å². The molecule has 0 spiro atoms. The van der Waals surface area contributed by atoms with Crippen molar-refractivity contribution >= 4 is 17.5 Å². The summed E-state index contributed by atoms with van der Waals surface area (Å²) in [5.41, 5.74) is 5.10. The van der Waals surface area contributed by atoms with Crippen LogP contribution in [0.15, 0.2) is 0 Å². The van der Waals surface area contributed by atoms with Crippen LogP contribution in [-0.4, -0.2) is 80.1 Å². The van der Waals surface area contributed by atoms with Crippen LogP contribution in [-0.2, 0) is 9.53 Å². The standard InChI is InChI=1S/C22H34ClF3N6O2/c23-17-2-1-13(7-16(17)22(24,25)26)18-29-9-14(10-30-20(33)21(12-28)3-4-21)19(31-18)32-5-6-34-11-15(32)8-27/h13-19,29,31H,1-11,27H2,(H,30,33). The first kappa shape index (κ1) is 25.9. The highest BCUT2D eigenvalue weighted by atomic mass is 35.5. The third kappa shape index (κ3) is 5.47. The lowest BCUT2D eigenvalue weighted by Gasteiger charge is -2.50. The number of halogens is 4. The van der Waals surface area contributed by atoms with Gasteiger partial charge in [-0.3, -0.25) is 15.0 Å². The van der Waals surface area contributed by atoms with E-state index in [2.05, 4.69) is 26.9 Å². The van der Waals surface area contributed by atoms with Gasteiger partial charge in [0.2, 0.25) is 5.91 Å². The number of morpholine rings is 1. The Labute approximate surface area is 203 Å². The van der Waals surface area contributed by atoms with E-state index in [-0.39, 0.29) is 42.5 Å². The van der Waals surface area contributed by atoms with Crippen LogP contribution in [0.5, 0.6) is 0 Å². The van der Waals surface area contributed by atoms with Gasteiger partial charge in [0.15, 0.2) is 0 Å². The van der Waals surface area contributed by atoms with Crippen molar-refractivity contribution in [3.63, 3.8) is 0 Å². The summed E-state index contributed by atoms with van der Waals surface area (Å²) >= 11 is 6.05. The molecule has 192 valence electrons. The van der Waals surface area contributed by atoms with Crippen molar-refractivity contribution in [3.05, 3.63) is 0 Å². The fraction of sp³-hybridized carbons (Fsp3) is 0.909. The van der Waals surface area contributed by atoms with Crippen LogP contribution < -0.4 is 21.7 Å². The highest BCUT2D eigenvalue weighted by Crippen LogP contribution is 2.45. The van der Waals surface area contributed by atoms with E-state index in [9.17, 15) is 23.2 Å². The normalized spacial score (nSPS) is 38.6. The number of carbonyl (C=O) groups is 1. The zero-order valence-electron chi connectivity index (χ0n) is 19.1. The average molecular weight is 507 g/mol. The zero-order chi connectivity index (χ0) is 24.5. The quantitative estimate of drug-likeness (QED) is 0.399. The van der Waals surface area contributed by atoms with Crippen LogP contribution in [0.2, 0.25) is 0 Å². The van der Waals surface area contributed by atoms with Crippen LogP contribution in [0.1, 0.15) is 32.1 Å². The summed E-state index contributed by atoms with van der Waals surface area (Å²) in [4.78, 5) is 14.8. The van der Waals surface area contributed by atoms with Gasteiger partial charge in [-0.15, -0.1) is 11.6 Å². The molecule has 2 heterocycles. The van der Waals surface area contributed by atoms with Gasteiger partial charge in [-0.2, -0.15) is 18.4 Å². The fourth-order valence-corrected chi connectivity index (χ4v) is 5.95. The molecule has 1 amide bonds. The Balaban J connectivity index is 1.46. The molecule has 0 bridgehead atoms. The van der Waals surface area contributed by atoms with Gasteiger partial charge < -0.3 is 21.1 Å². The molecule has 0 radical (unpaired) electrons. The first-order valence-electron chi connectivity index (χ1n) is 12.1. The molecule has 0 aromatic rings. The Morgan fingerprint density at radius 1 is 1.35 bits per heavy atom. The van der Waals surface area contributed by atoms with Crippen molar-refractivity contribution in [2.75, 3.05) is 39.4 Å². The minimum Gasteiger partial charge on any atom is -0.378 e. The van der Waals surface area contributed by atoms with Crippen molar-refractivity contribution < 1.29 is 22.7 Å². The molecule has 34 heavy (non-hydrogen) atoms. The third-order valence-electron chi connectivity index (χ3n) is 7.92. The summed E-state index contributed by atoms with van der Waals surface area (Å²) in [7, 11) is 0. The molecule has 7 unspecified atom stereocenters. The monoisotopic (exact) mass is 506 g/mol. The Kier molecular flexibility index (Phi) is 7.96. The van der Waals surface area contributed by atoms with Crippen molar-refractivity contribution in [1.29, 1.82) is 5.26 Å². The third-order valence-corrected chi connectivity index (χ3v) is 8.44. The van der Waals surface area contributed by atoms with Gasteiger partial charge in [0.05, 0.1) is 37.5 Å². The number of nitriles is 1. The smallest absolute Gasteiger partial charge is 0.378 e. The van der Waals surface area contributed by atoms with E-state index in [0.717, 1.165) is 0 Å². The first-order chi connectivity index (χ1) is 16.2. The second kappa shape index (κ2) is 10.4. The second-order valence-electron chi connectivity index (χ2n) is 10.1. The van der Waals surface area contributed by atoms with Gasteiger partial charge in [0, 0.05) is 43.5 Å². The number of carbonyl (C=O) groups excluding carboxylic acids is 1. The number of ether oxygens (including phenoxy) is 1.